The smallest absolute Gasteiger partial charge is 0.119 e. The van der Waals surface area contributed by atoms with E-state index in [1.165, 1.54) is 0 Å². The monoisotopic (exact) mass is 473 g/mol. The second-order valence-electron chi connectivity index (χ2n) is 7.48. The third-order valence-electron chi connectivity index (χ3n) is 4.92. The van der Waals surface area contributed by atoms with E-state index in [2.05, 4.69) is 17.0 Å². The van der Waals surface area contributed by atoms with Gasteiger partial charge in [-0.25, -0.2) is 0 Å². The maximum atomic E-state index is 6.22. The lowest BCUT2D eigenvalue weighted by molar-refractivity contribution is 0.261. The topological polar surface area (TPSA) is 12.5 Å². The zero-order chi connectivity index (χ0) is 22.2. The SMILES string of the molecule is CN(C)CCOc1ccc(C(=C(CCCl)c2ccc(Cl)cc2)c2ccc(Cl)cc2)cc1. The summed E-state index contributed by atoms with van der Waals surface area (Å²) in [6.07, 6.45) is 0.724. The van der Waals surface area contributed by atoms with Crippen molar-refractivity contribution in [2.24, 2.45) is 0 Å². The van der Waals surface area contributed by atoms with Crippen LogP contribution >= 0.6 is 34.8 Å². The Labute approximate surface area is 200 Å². The van der Waals surface area contributed by atoms with Crippen molar-refractivity contribution in [3.63, 3.8) is 0 Å². The Kier molecular flexibility index (Phi) is 8.86. The predicted octanol–water partition coefficient (Wildman–Crippen LogP) is 7.52. The molecule has 0 saturated heterocycles. The van der Waals surface area contributed by atoms with Crippen LogP contribution in [0.5, 0.6) is 5.75 Å². The molecule has 0 radical (unpaired) electrons. The molecule has 2 nitrogen and oxygen atoms in total. The molecule has 0 heterocycles. The molecule has 3 aromatic carbocycles. The highest BCUT2D eigenvalue weighted by Crippen LogP contribution is 2.36. The molecular weight excluding hydrogens is 449 g/mol. The molecule has 0 N–H and O–H groups in total. The number of ether oxygens (including phenoxy) is 1. The summed E-state index contributed by atoms with van der Waals surface area (Å²) in [4.78, 5) is 2.10. The highest BCUT2D eigenvalue weighted by Gasteiger charge is 2.14. The van der Waals surface area contributed by atoms with E-state index >= 15 is 0 Å². The summed E-state index contributed by atoms with van der Waals surface area (Å²) in [6.45, 7) is 1.52. The molecule has 0 fully saturated rings. The Balaban J connectivity index is 2.06. The Morgan fingerprint density at radius 1 is 0.742 bits per heavy atom. The fraction of sp³-hybridized carbons (Fsp3) is 0.231. The number of allylic oxidation sites excluding steroid dienone is 1. The van der Waals surface area contributed by atoms with Gasteiger partial charge in [-0.2, -0.15) is 0 Å². The molecule has 3 aromatic rings. The number of alkyl halides is 1. The predicted molar refractivity (Wildman–Crippen MR) is 135 cm³/mol. The molecule has 162 valence electrons. The summed E-state index contributed by atoms with van der Waals surface area (Å²) in [5.41, 5.74) is 5.56. The van der Waals surface area contributed by atoms with Crippen LogP contribution in [-0.4, -0.2) is 38.0 Å². The van der Waals surface area contributed by atoms with Gasteiger partial charge in [0, 0.05) is 22.5 Å². The van der Waals surface area contributed by atoms with Crippen LogP contribution in [-0.2, 0) is 0 Å². The zero-order valence-electron chi connectivity index (χ0n) is 17.7. The summed E-state index contributed by atoms with van der Waals surface area (Å²) < 4.78 is 5.87. The van der Waals surface area contributed by atoms with E-state index in [1.807, 2.05) is 74.8 Å². The van der Waals surface area contributed by atoms with Gasteiger partial charge in [0.05, 0.1) is 0 Å². The van der Waals surface area contributed by atoms with Gasteiger partial charge in [-0.05, 0) is 84.8 Å². The van der Waals surface area contributed by atoms with Crippen molar-refractivity contribution in [1.82, 2.24) is 4.90 Å². The summed E-state index contributed by atoms with van der Waals surface area (Å²) in [7, 11) is 4.07. The third kappa shape index (κ3) is 6.75. The summed E-state index contributed by atoms with van der Waals surface area (Å²) >= 11 is 18.5. The molecule has 31 heavy (non-hydrogen) atoms. The number of halogens is 3. The Morgan fingerprint density at radius 3 is 1.71 bits per heavy atom. The molecule has 0 aliphatic heterocycles. The van der Waals surface area contributed by atoms with Crippen LogP contribution in [0.15, 0.2) is 72.8 Å². The van der Waals surface area contributed by atoms with Crippen molar-refractivity contribution in [3.8, 4) is 5.75 Å². The van der Waals surface area contributed by atoms with E-state index in [0.29, 0.717) is 22.5 Å². The average Bonchev–Trinajstić information content (AvgIpc) is 2.76. The summed E-state index contributed by atoms with van der Waals surface area (Å²) in [6, 6.07) is 24.0. The Bertz CT molecular complexity index is 994. The second kappa shape index (κ2) is 11.6. The first-order valence-corrected chi connectivity index (χ1v) is 11.5. The maximum absolute atomic E-state index is 6.22. The van der Waals surface area contributed by atoms with E-state index in [4.69, 9.17) is 39.5 Å². The number of hydrogen-bond donors (Lipinski definition) is 0. The molecule has 0 aliphatic carbocycles. The number of nitrogens with zero attached hydrogens (tertiary/aromatic N) is 1. The van der Waals surface area contributed by atoms with Gasteiger partial charge in [0.1, 0.15) is 12.4 Å². The van der Waals surface area contributed by atoms with Crippen molar-refractivity contribution < 1.29 is 4.74 Å². The van der Waals surface area contributed by atoms with Crippen molar-refractivity contribution in [3.05, 3.63) is 99.5 Å². The van der Waals surface area contributed by atoms with Crippen LogP contribution in [0.2, 0.25) is 10.0 Å². The van der Waals surface area contributed by atoms with Crippen molar-refractivity contribution in [2.75, 3.05) is 33.1 Å². The maximum Gasteiger partial charge on any atom is 0.119 e. The molecule has 0 atom stereocenters. The fourth-order valence-electron chi connectivity index (χ4n) is 3.35. The minimum Gasteiger partial charge on any atom is -0.492 e. The van der Waals surface area contributed by atoms with Crippen molar-refractivity contribution >= 4 is 45.9 Å². The molecule has 0 unspecified atom stereocenters. The average molecular weight is 475 g/mol. The zero-order valence-corrected chi connectivity index (χ0v) is 20.0. The van der Waals surface area contributed by atoms with Crippen LogP contribution in [0.4, 0.5) is 0 Å². The van der Waals surface area contributed by atoms with Gasteiger partial charge in [0.15, 0.2) is 0 Å². The molecule has 0 bridgehead atoms. The first kappa shape index (κ1) is 23.7. The van der Waals surface area contributed by atoms with Crippen LogP contribution in [0.25, 0.3) is 11.1 Å². The van der Waals surface area contributed by atoms with Crippen LogP contribution in [0.3, 0.4) is 0 Å². The quantitative estimate of drug-likeness (QED) is 0.235. The van der Waals surface area contributed by atoms with Gasteiger partial charge < -0.3 is 9.64 Å². The molecule has 0 aliphatic rings. The Hall–Kier alpha value is -1.97. The molecule has 0 aromatic heterocycles. The van der Waals surface area contributed by atoms with Crippen LogP contribution in [0.1, 0.15) is 23.1 Å². The highest BCUT2D eigenvalue weighted by molar-refractivity contribution is 6.31. The number of likely N-dealkylation sites (N-methyl/N-ethyl adjacent to an activating group) is 1. The molecular formula is C26H26Cl3NO. The van der Waals surface area contributed by atoms with Gasteiger partial charge in [0.25, 0.3) is 0 Å². The van der Waals surface area contributed by atoms with E-state index in [0.717, 1.165) is 46.6 Å². The number of hydrogen-bond acceptors (Lipinski definition) is 2. The highest BCUT2D eigenvalue weighted by atomic mass is 35.5. The summed E-state index contributed by atoms with van der Waals surface area (Å²) in [5.74, 6) is 1.37. The normalized spacial score (nSPS) is 12.1. The van der Waals surface area contributed by atoms with E-state index in [1.54, 1.807) is 0 Å². The van der Waals surface area contributed by atoms with E-state index < -0.39 is 0 Å². The lowest BCUT2D eigenvalue weighted by atomic mass is 9.88. The van der Waals surface area contributed by atoms with Crippen molar-refractivity contribution in [1.29, 1.82) is 0 Å². The van der Waals surface area contributed by atoms with Gasteiger partial charge in [-0.15, -0.1) is 11.6 Å². The molecule has 0 amide bonds. The van der Waals surface area contributed by atoms with E-state index in [9.17, 15) is 0 Å². The number of rotatable bonds is 9. The third-order valence-corrected chi connectivity index (χ3v) is 5.62. The molecule has 0 saturated carbocycles. The first-order valence-electron chi connectivity index (χ1n) is 10.2. The Morgan fingerprint density at radius 2 is 1.23 bits per heavy atom. The van der Waals surface area contributed by atoms with Gasteiger partial charge in [-0.1, -0.05) is 59.6 Å². The van der Waals surface area contributed by atoms with Gasteiger partial charge in [-0.3, -0.25) is 0 Å². The second-order valence-corrected chi connectivity index (χ2v) is 8.73. The first-order chi connectivity index (χ1) is 15.0. The van der Waals surface area contributed by atoms with Crippen LogP contribution in [0, 0.1) is 0 Å². The number of benzene rings is 3. The van der Waals surface area contributed by atoms with Gasteiger partial charge >= 0.3 is 0 Å². The molecule has 3 rings (SSSR count). The van der Waals surface area contributed by atoms with Crippen molar-refractivity contribution in [2.45, 2.75) is 6.42 Å². The van der Waals surface area contributed by atoms with Gasteiger partial charge in [0.2, 0.25) is 0 Å². The largest absolute Gasteiger partial charge is 0.492 e. The lowest BCUT2D eigenvalue weighted by Crippen LogP contribution is -2.19. The van der Waals surface area contributed by atoms with E-state index in [-0.39, 0.29) is 0 Å². The fourth-order valence-corrected chi connectivity index (χ4v) is 3.80. The lowest BCUT2D eigenvalue weighted by Gasteiger charge is -2.18. The minimum absolute atomic E-state index is 0.515. The summed E-state index contributed by atoms with van der Waals surface area (Å²) in [5, 5.41) is 1.42. The van der Waals surface area contributed by atoms with Crippen LogP contribution < -0.4 is 4.74 Å². The minimum atomic E-state index is 0.515. The molecule has 0 spiro atoms. The molecule has 5 heteroatoms. The standard InChI is InChI=1S/C26H26Cl3NO/c1-30(2)17-18-31-24-13-7-21(8-14-24)26(20-5-11-23(29)12-6-20)25(15-16-27)19-3-9-22(28)10-4-19/h3-14H,15-18H2,1-2H3.